The summed E-state index contributed by atoms with van der Waals surface area (Å²) in [4.78, 5) is 17.1. The van der Waals surface area contributed by atoms with Gasteiger partial charge in [-0.2, -0.15) is 0 Å². The summed E-state index contributed by atoms with van der Waals surface area (Å²) in [6.07, 6.45) is 1.35. The van der Waals surface area contributed by atoms with Crippen LogP contribution in [0.5, 0.6) is 0 Å². The van der Waals surface area contributed by atoms with E-state index in [1.54, 1.807) is 0 Å². The molecule has 2 aromatic carbocycles. The van der Waals surface area contributed by atoms with E-state index in [1.165, 1.54) is 0 Å². The van der Waals surface area contributed by atoms with Crippen molar-refractivity contribution in [3.63, 3.8) is 0 Å². The van der Waals surface area contributed by atoms with Crippen molar-refractivity contribution in [1.82, 2.24) is 9.80 Å². The van der Waals surface area contributed by atoms with Crippen molar-refractivity contribution in [3.8, 4) is 0 Å². The van der Waals surface area contributed by atoms with Crippen LogP contribution in [-0.4, -0.2) is 40.6 Å². The molecule has 0 aromatic heterocycles. The molecule has 0 bridgehead atoms. The van der Waals surface area contributed by atoms with Crippen LogP contribution < -0.4 is 0 Å². The normalized spacial score (nSPS) is 30.7. The minimum absolute atomic E-state index is 0.0387. The van der Waals surface area contributed by atoms with Gasteiger partial charge in [0.05, 0.1) is 12.6 Å². The molecule has 1 amide bonds. The van der Waals surface area contributed by atoms with Gasteiger partial charge in [0, 0.05) is 31.0 Å². The minimum atomic E-state index is -0.473. The number of carbonyl (C=O) groups excluding carboxylic acids is 1. The molecule has 134 valence electrons. The maximum absolute atomic E-state index is 12.7. The first-order chi connectivity index (χ1) is 12.7. The lowest BCUT2D eigenvalue weighted by Gasteiger charge is -2.32. The van der Waals surface area contributed by atoms with Gasteiger partial charge in [0.25, 0.3) is 0 Å². The van der Waals surface area contributed by atoms with Gasteiger partial charge in [-0.1, -0.05) is 60.1 Å². The molecule has 3 heterocycles. The number of carbonyl (C=O) groups is 1. The Kier molecular flexibility index (Phi) is 3.82. The lowest BCUT2D eigenvalue weighted by molar-refractivity contribution is -0.138. The van der Waals surface area contributed by atoms with Crippen LogP contribution in [0.3, 0.4) is 0 Å². The number of benzene rings is 2. The molecule has 0 N–H and O–H groups in total. The summed E-state index contributed by atoms with van der Waals surface area (Å²) >= 11 is 6.35. The third kappa shape index (κ3) is 2.40. The van der Waals surface area contributed by atoms with Crippen molar-refractivity contribution < 1.29 is 9.53 Å². The van der Waals surface area contributed by atoms with E-state index in [0.29, 0.717) is 13.0 Å². The Balaban J connectivity index is 1.41. The molecule has 3 saturated heterocycles. The summed E-state index contributed by atoms with van der Waals surface area (Å²) in [7, 11) is 0. The molecule has 3 aliphatic heterocycles. The van der Waals surface area contributed by atoms with Gasteiger partial charge in [0.2, 0.25) is 5.91 Å². The van der Waals surface area contributed by atoms with E-state index in [1.807, 2.05) is 41.3 Å². The molecule has 5 rings (SSSR count). The van der Waals surface area contributed by atoms with Crippen LogP contribution in [0.2, 0.25) is 5.02 Å². The Hall–Kier alpha value is -1.88. The predicted molar refractivity (Wildman–Crippen MR) is 99.6 cm³/mol. The smallest absolute Gasteiger partial charge is 0.226 e. The van der Waals surface area contributed by atoms with Gasteiger partial charge in [-0.05, 0) is 17.2 Å². The van der Waals surface area contributed by atoms with Crippen molar-refractivity contribution in [2.45, 2.75) is 37.3 Å². The second-order valence-electron chi connectivity index (χ2n) is 7.40. The standard InChI is InChI=1S/C21H21ClN2O2/c22-17-9-5-4-8-16(17)13-23-11-10-21-19(23)12-20(25)24(21)14-18(26-21)15-6-2-1-3-7-15/h1-9,18-19H,10-14H2/t18-,19+,21-/m0/s1. The summed E-state index contributed by atoms with van der Waals surface area (Å²) in [6.45, 7) is 2.33. The second kappa shape index (κ2) is 6.08. The van der Waals surface area contributed by atoms with E-state index in [-0.39, 0.29) is 18.1 Å². The fourth-order valence-electron chi connectivity index (χ4n) is 4.78. The Morgan fingerprint density at radius 1 is 1.12 bits per heavy atom. The number of rotatable bonds is 3. The van der Waals surface area contributed by atoms with Crippen LogP contribution in [0.4, 0.5) is 0 Å². The van der Waals surface area contributed by atoms with Crippen LogP contribution >= 0.6 is 11.6 Å². The molecule has 0 radical (unpaired) electrons. The molecule has 3 aliphatic rings. The van der Waals surface area contributed by atoms with Crippen LogP contribution in [-0.2, 0) is 16.1 Å². The van der Waals surface area contributed by atoms with Crippen molar-refractivity contribution >= 4 is 17.5 Å². The molecule has 0 aliphatic carbocycles. The van der Waals surface area contributed by atoms with Crippen molar-refractivity contribution in [1.29, 1.82) is 0 Å². The molecule has 5 heteroatoms. The SMILES string of the molecule is O=C1C[C@H]2N(Cc3ccccc3Cl)CC[C@]23O[C@H](c2ccccc2)CN13. The number of likely N-dealkylation sites (tertiary alicyclic amines) is 1. The Labute approximate surface area is 158 Å². The van der Waals surface area contributed by atoms with Gasteiger partial charge in [-0.15, -0.1) is 0 Å². The second-order valence-corrected chi connectivity index (χ2v) is 7.81. The van der Waals surface area contributed by atoms with Gasteiger partial charge in [0.15, 0.2) is 5.72 Å². The first-order valence-electron chi connectivity index (χ1n) is 9.18. The Bertz CT molecular complexity index is 843. The summed E-state index contributed by atoms with van der Waals surface area (Å²) < 4.78 is 6.58. The molecule has 1 spiro atoms. The lowest BCUT2D eigenvalue weighted by atomic mass is 10.1. The topological polar surface area (TPSA) is 32.8 Å². The third-order valence-corrected chi connectivity index (χ3v) is 6.41. The average Bonchev–Trinajstić information content (AvgIpc) is 3.28. The van der Waals surface area contributed by atoms with Gasteiger partial charge in [-0.3, -0.25) is 9.69 Å². The largest absolute Gasteiger partial charge is 0.344 e. The molecule has 0 saturated carbocycles. The fraction of sp³-hybridized carbons (Fsp3) is 0.381. The van der Waals surface area contributed by atoms with E-state index >= 15 is 0 Å². The monoisotopic (exact) mass is 368 g/mol. The van der Waals surface area contributed by atoms with Crippen LogP contribution in [0.1, 0.15) is 30.1 Å². The van der Waals surface area contributed by atoms with E-state index in [2.05, 4.69) is 23.1 Å². The zero-order chi connectivity index (χ0) is 17.7. The number of nitrogens with zero attached hydrogens (tertiary/aromatic N) is 2. The zero-order valence-corrected chi connectivity index (χ0v) is 15.2. The molecule has 2 aromatic rings. The van der Waals surface area contributed by atoms with Crippen molar-refractivity contribution in [2.75, 3.05) is 13.1 Å². The highest BCUT2D eigenvalue weighted by Gasteiger charge is 2.63. The number of halogens is 1. The predicted octanol–water partition coefficient (Wildman–Crippen LogP) is 3.61. The van der Waals surface area contributed by atoms with Gasteiger partial charge in [0.1, 0.15) is 6.10 Å². The van der Waals surface area contributed by atoms with Gasteiger partial charge < -0.3 is 9.64 Å². The first-order valence-corrected chi connectivity index (χ1v) is 9.56. The van der Waals surface area contributed by atoms with E-state index in [4.69, 9.17) is 16.3 Å². The number of hydrogen-bond acceptors (Lipinski definition) is 3. The Morgan fingerprint density at radius 2 is 1.88 bits per heavy atom. The maximum Gasteiger partial charge on any atom is 0.226 e. The molecular formula is C21H21ClN2O2. The fourth-order valence-corrected chi connectivity index (χ4v) is 4.98. The van der Waals surface area contributed by atoms with E-state index in [0.717, 1.165) is 35.7 Å². The van der Waals surface area contributed by atoms with Gasteiger partial charge in [-0.25, -0.2) is 0 Å². The molecule has 4 nitrogen and oxygen atoms in total. The Morgan fingerprint density at radius 3 is 2.69 bits per heavy atom. The molecular weight excluding hydrogens is 348 g/mol. The highest BCUT2D eigenvalue weighted by Crippen LogP contribution is 2.50. The van der Waals surface area contributed by atoms with E-state index in [9.17, 15) is 4.79 Å². The summed E-state index contributed by atoms with van der Waals surface area (Å²) in [5.74, 6) is 0.206. The number of amides is 1. The molecule has 3 atom stereocenters. The average molecular weight is 369 g/mol. The van der Waals surface area contributed by atoms with Crippen LogP contribution in [0, 0.1) is 0 Å². The van der Waals surface area contributed by atoms with Crippen molar-refractivity contribution in [2.24, 2.45) is 0 Å². The summed E-state index contributed by atoms with van der Waals surface area (Å²) in [6, 6.07) is 18.3. The highest BCUT2D eigenvalue weighted by atomic mass is 35.5. The third-order valence-electron chi connectivity index (χ3n) is 6.04. The van der Waals surface area contributed by atoms with Crippen LogP contribution in [0.25, 0.3) is 0 Å². The summed E-state index contributed by atoms with van der Waals surface area (Å²) in [5, 5.41) is 0.782. The quantitative estimate of drug-likeness (QED) is 0.829. The number of ether oxygens (including phenoxy) is 1. The lowest BCUT2D eigenvalue weighted by Crippen LogP contribution is -2.47. The highest BCUT2D eigenvalue weighted by molar-refractivity contribution is 6.31. The van der Waals surface area contributed by atoms with Gasteiger partial charge >= 0.3 is 0 Å². The molecule has 0 unspecified atom stereocenters. The van der Waals surface area contributed by atoms with Crippen molar-refractivity contribution in [3.05, 3.63) is 70.7 Å². The first kappa shape index (κ1) is 16.3. The molecule has 26 heavy (non-hydrogen) atoms. The van der Waals surface area contributed by atoms with E-state index < -0.39 is 5.72 Å². The number of hydrogen-bond donors (Lipinski definition) is 0. The molecule has 3 fully saturated rings. The van der Waals surface area contributed by atoms with Crippen LogP contribution in [0.15, 0.2) is 54.6 Å². The minimum Gasteiger partial charge on any atom is -0.344 e. The maximum atomic E-state index is 12.7. The zero-order valence-electron chi connectivity index (χ0n) is 14.5. The summed E-state index contributed by atoms with van der Waals surface area (Å²) in [5.41, 5.74) is 1.78.